The van der Waals surface area contributed by atoms with Crippen molar-refractivity contribution in [1.29, 1.82) is 0 Å². The second kappa shape index (κ2) is 7.92. The van der Waals surface area contributed by atoms with Gasteiger partial charge in [-0.3, -0.25) is 4.79 Å². The van der Waals surface area contributed by atoms with E-state index in [1.165, 1.54) is 0 Å². The number of carbonyl (C=O) groups is 1. The van der Waals surface area contributed by atoms with Crippen LogP contribution in [0.15, 0.2) is 0 Å². The van der Waals surface area contributed by atoms with E-state index in [0.717, 1.165) is 0 Å². The summed E-state index contributed by atoms with van der Waals surface area (Å²) in [6.07, 6.45) is 0.0754. The molecule has 0 N–H and O–H groups in total. The van der Waals surface area contributed by atoms with Gasteiger partial charge in [0.1, 0.15) is 0 Å². The minimum absolute atomic E-state index is 0.0754. The molecule has 0 aromatic rings. The molecule has 0 aliphatic carbocycles. The van der Waals surface area contributed by atoms with Crippen LogP contribution in [-0.2, 0) is 22.8 Å². The first-order valence-corrected chi connectivity index (χ1v) is 6.65. The van der Waals surface area contributed by atoms with E-state index in [9.17, 15) is 4.79 Å². The molecule has 0 amide bonds. The highest BCUT2D eigenvalue weighted by Crippen LogP contribution is 2.10. The van der Waals surface area contributed by atoms with Gasteiger partial charge in [0.15, 0.2) is 6.23 Å². The van der Waals surface area contributed by atoms with E-state index in [4.69, 9.17) is 13.3 Å². The van der Waals surface area contributed by atoms with Gasteiger partial charge in [-0.05, 0) is 20.8 Å². The van der Waals surface area contributed by atoms with Crippen molar-refractivity contribution < 1.29 is 22.8 Å². The van der Waals surface area contributed by atoms with E-state index in [1.54, 1.807) is 0 Å². The molecule has 0 saturated carbocycles. The zero-order valence-electron chi connectivity index (χ0n) is 8.95. The zero-order chi connectivity index (χ0) is 10.9. The fourth-order valence-electron chi connectivity index (χ4n) is 1.05. The number of ether oxygens (including phenoxy) is 1. The van der Waals surface area contributed by atoms with Crippen LogP contribution in [0.1, 0.15) is 20.8 Å². The molecule has 0 aromatic carbocycles. The highest BCUT2D eigenvalue weighted by Gasteiger charge is 2.41. The summed E-state index contributed by atoms with van der Waals surface area (Å²) in [7, 11) is -2.77. The summed E-state index contributed by atoms with van der Waals surface area (Å²) in [5.41, 5.74) is 0. The van der Waals surface area contributed by atoms with Crippen LogP contribution in [0, 0.1) is 0 Å². The molecule has 0 saturated heterocycles. The summed E-state index contributed by atoms with van der Waals surface area (Å²) in [6.45, 7) is 7.36. The molecule has 0 rings (SSSR count). The van der Waals surface area contributed by atoms with Gasteiger partial charge in [-0.25, -0.2) is 0 Å². The molecular formula is C8H18O5Si. The lowest BCUT2D eigenvalue weighted by atomic mass is 10.9. The minimum Gasteiger partial charge on any atom is -0.463 e. The van der Waals surface area contributed by atoms with Crippen molar-refractivity contribution in [3.05, 3.63) is 0 Å². The van der Waals surface area contributed by atoms with Crippen LogP contribution in [0.3, 0.4) is 0 Å². The average molecular weight is 222 g/mol. The molecule has 0 aromatic heterocycles. The van der Waals surface area contributed by atoms with Crippen molar-refractivity contribution in [1.82, 2.24) is 0 Å². The molecule has 0 bridgehead atoms. The van der Waals surface area contributed by atoms with Gasteiger partial charge in [0.25, 0.3) is 6.47 Å². The van der Waals surface area contributed by atoms with Crippen LogP contribution < -0.4 is 0 Å². The standard InChI is InChI=1S/C8H18O5Si/c1-4-11-14(12-5-2,13-6-3)8-10-7-9/h7H,4-6,8H2,1-3H3. The van der Waals surface area contributed by atoms with E-state index < -0.39 is 8.80 Å². The van der Waals surface area contributed by atoms with Crippen molar-refractivity contribution in [2.75, 3.05) is 26.1 Å². The van der Waals surface area contributed by atoms with Gasteiger partial charge in [0, 0.05) is 19.8 Å². The summed E-state index contributed by atoms with van der Waals surface area (Å²) in [6, 6.07) is 0. The second-order valence-electron chi connectivity index (χ2n) is 2.39. The molecule has 0 aliphatic rings. The van der Waals surface area contributed by atoms with Crippen molar-refractivity contribution in [3.63, 3.8) is 0 Å². The third-order valence-corrected chi connectivity index (χ3v) is 4.13. The SMILES string of the molecule is CCO[Si](COC=O)(OCC)OCC. The normalized spacial score (nSPS) is 11.4. The maximum absolute atomic E-state index is 10.1. The van der Waals surface area contributed by atoms with Crippen molar-refractivity contribution in [2.24, 2.45) is 0 Å². The Balaban J connectivity index is 4.28. The number of hydrogen-bond acceptors (Lipinski definition) is 5. The summed E-state index contributed by atoms with van der Waals surface area (Å²) in [4.78, 5) is 10.1. The lowest BCUT2D eigenvalue weighted by Gasteiger charge is -2.26. The lowest BCUT2D eigenvalue weighted by molar-refractivity contribution is -0.128. The molecule has 0 aliphatic heterocycles. The Morgan fingerprint density at radius 2 is 1.43 bits per heavy atom. The molecule has 0 unspecified atom stereocenters. The first kappa shape index (κ1) is 13.6. The fraction of sp³-hybridized carbons (Fsp3) is 0.875. The third kappa shape index (κ3) is 4.71. The Bertz CT molecular complexity index is 136. The maximum atomic E-state index is 10.1. The maximum Gasteiger partial charge on any atom is 0.540 e. The average Bonchev–Trinajstić information content (AvgIpc) is 2.16. The predicted octanol–water partition coefficient (Wildman–Crippen LogP) is 0.747. The molecule has 14 heavy (non-hydrogen) atoms. The van der Waals surface area contributed by atoms with Crippen LogP contribution >= 0.6 is 0 Å². The lowest BCUT2D eigenvalue weighted by Crippen LogP contribution is -2.50. The minimum atomic E-state index is -2.77. The van der Waals surface area contributed by atoms with Crippen LogP contribution in [-0.4, -0.2) is 41.3 Å². The second-order valence-corrected chi connectivity index (χ2v) is 4.91. The Kier molecular flexibility index (Phi) is 7.68. The van der Waals surface area contributed by atoms with E-state index >= 15 is 0 Å². The molecule has 5 nitrogen and oxygen atoms in total. The van der Waals surface area contributed by atoms with E-state index in [-0.39, 0.29) is 6.23 Å². The first-order valence-electron chi connectivity index (χ1n) is 4.71. The van der Waals surface area contributed by atoms with Crippen molar-refractivity contribution in [3.8, 4) is 0 Å². The Morgan fingerprint density at radius 3 is 1.71 bits per heavy atom. The fourth-order valence-corrected chi connectivity index (χ4v) is 3.14. The van der Waals surface area contributed by atoms with Gasteiger partial charge in [-0.2, -0.15) is 0 Å². The topological polar surface area (TPSA) is 54.0 Å². The van der Waals surface area contributed by atoms with Gasteiger partial charge in [-0.15, -0.1) is 0 Å². The van der Waals surface area contributed by atoms with Crippen LogP contribution in [0.5, 0.6) is 0 Å². The third-order valence-electron chi connectivity index (χ3n) is 1.42. The molecule has 0 atom stereocenters. The van der Waals surface area contributed by atoms with E-state index in [0.29, 0.717) is 26.3 Å². The number of carbonyl (C=O) groups excluding carboxylic acids is 1. The van der Waals surface area contributed by atoms with Gasteiger partial charge < -0.3 is 18.0 Å². The highest BCUT2D eigenvalue weighted by atomic mass is 28.4. The monoisotopic (exact) mass is 222 g/mol. The zero-order valence-corrected chi connectivity index (χ0v) is 9.95. The molecule has 0 fully saturated rings. The van der Waals surface area contributed by atoms with Crippen molar-refractivity contribution in [2.45, 2.75) is 20.8 Å². The first-order chi connectivity index (χ1) is 6.74. The van der Waals surface area contributed by atoms with Crippen LogP contribution in [0.25, 0.3) is 0 Å². The van der Waals surface area contributed by atoms with Crippen LogP contribution in [0.4, 0.5) is 0 Å². The molecule has 84 valence electrons. The Morgan fingerprint density at radius 1 is 1.00 bits per heavy atom. The van der Waals surface area contributed by atoms with Gasteiger partial charge >= 0.3 is 8.80 Å². The summed E-state index contributed by atoms with van der Waals surface area (Å²) >= 11 is 0. The van der Waals surface area contributed by atoms with Crippen LogP contribution in [0.2, 0.25) is 0 Å². The summed E-state index contributed by atoms with van der Waals surface area (Å²) in [5, 5.41) is 0. The smallest absolute Gasteiger partial charge is 0.463 e. The molecule has 0 radical (unpaired) electrons. The van der Waals surface area contributed by atoms with E-state index in [2.05, 4.69) is 4.74 Å². The Labute approximate surface area is 85.7 Å². The molecule has 0 spiro atoms. The van der Waals surface area contributed by atoms with Gasteiger partial charge in [0.2, 0.25) is 0 Å². The molecule has 0 heterocycles. The molecule has 6 heteroatoms. The quantitative estimate of drug-likeness (QED) is 0.425. The van der Waals surface area contributed by atoms with Gasteiger partial charge in [-0.1, -0.05) is 0 Å². The van der Waals surface area contributed by atoms with Crippen molar-refractivity contribution >= 4 is 15.3 Å². The summed E-state index contributed by atoms with van der Waals surface area (Å²) in [5.74, 6) is 0. The number of rotatable bonds is 9. The molecular weight excluding hydrogens is 204 g/mol. The summed E-state index contributed by atoms with van der Waals surface area (Å²) < 4.78 is 20.9. The van der Waals surface area contributed by atoms with E-state index in [1.807, 2.05) is 20.8 Å². The predicted molar refractivity (Wildman–Crippen MR) is 52.6 cm³/mol. The Hall–Kier alpha value is -0.433. The largest absolute Gasteiger partial charge is 0.540 e. The highest BCUT2D eigenvalue weighted by molar-refractivity contribution is 6.60. The number of hydrogen-bond donors (Lipinski definition) is 0. The van der Waals surface area contributed by atoms with Gasteiger partial charge in [0.05, 0.1) is 0 Å².